The highest BCUT2D eigenvalue weighted by molar-refractivity contribution is 5.98. The van der Waals surface area contributed by atoms with Crippen LogP contribution < -0.4 is 22.1 Å². The molecule has 4 aromatic rings. The van der Waals surface area contributed by atoms with Gasteiger partial charge in [0.1, 0.15) is 11.4 Å². The number of anilines is 3. The number of hydrogen-bond donors (Lipinski definition) is 4. The summed E-state index contributed by atoms with van der Waals surface area (Å²) in [6.07, 6.45) is 8.97. The normalized spacial score (nSPS) is 17.9. The molecular weight excluding hydrogens is 428 g/mol. The van der Waals surface area contributed by atoms with Gasteiger partial charge in [-0.15, -0.1) is 0 Å². The van der Waals surface area contributed by atoms with E-state index in [-0.39, 0.29) is 17.6 Å². The van der Waals surface area contributed by atoms with E-state index >= 15 is 0 Å². The van der Waals surface area contributed by atoms with Gasteiger partial charge < -0.3 is 22.1 Å². The largest absolute Gasteiger partial charge is 0.365 e. The van der Waals surface area contributed by atoms with Crippen molar-refractivity contribution in [3.8, 4) is 11.1 Å². The lowest BCUT2D eigenvalue weighted by Gasteiger charge is -2.29. The first kappa shape index (κ1) is 21.7. The summed E-state index contributed by atoms with van der Waals surface area (Å²) in [6.45, 7) is 0. The Kier molecular flexibility index (Phi) is 6.01. The molecule has 9 heteroatoms. The van der Waals surface area contributed by atoms with Crippen LogP contribution >= 0.6 is 0 Å². The summed E-state index contributed by atoms with van der Waals surface area (Å²) >= 11 is 0. The number of amides is 1. The highest BCUT2D eigenvalue weighted by Gasteiger charge is 2.23. The summed E-state index contributed by atoms with van der Waals surface area (Å²) in [4.78, 5) is 29.6. The third kappa shape index (κ3) is 4.65. The van der Waals surface area contributed by atoms with E-state index in [1.807, 2.05) is 42.5 Å². The number of nitrogens with two attached hydrogens (primary N) is 2. The number of primary amides is 1. The molecule has 1 aliphatic carbocycles. The maximum Gasteiger partial charge on any atom is 0.254 e. The number of nitrogens with one attached hydrogen (secondary N) is 2. The van der Waals surface area contributed by atoms with Gasteiger partial charge in [0.15, 0.2) is 0 Å². The van der Waals surface area contributed by atoms with Crippen molar-refractivity contribution in [3.63, 3.8) is 0 Å². The molecule has 2 aromatic heterocycles. The molecule has 34 heavy (non-hydrogen) atoms. The van der Waals surface area contributed by atoms with Crippen LogP contribution in [0.3, 0.4) is 0 Å². The van der Waals surface area contributed by atoms with Gasteiger partial charge in [-0.2, -0.15) is 4.98 Å². The van der Waals surface area contributed by atoms with Crippen molar-refractivity contribution in [2.45, 2.75) is 37.8 Å². The lowest BCUT2D eigenvalue weighted by atomic mass is 9.91. The summed E-state index contributed by atoms with van der Waals surface area (Å²) in [5, 5.41) is 6.56. The Hall–Kier alpha value is -4.11. The van der Waals surface area contributed by atoms with Crippen molar-refractivity contribution in [1.29, 1.82) is 0 Å². The van der Waals surface area contributed by atoms with E-state index in [9.17, 15) is 4.79 Å². The van der Waals surface area contributed by atoms with E-state index in [1.54, 1.807) is 12.4 Å². The molecule has 2 atom stereocenters. The maximum atomic E-state index is 12.0. The number of benzene rings is 2. The van der Waals surface area contributed by atoms with Gasteiger partial charge in [0, 0.05) is 36.4 Å². The number of carbonyl (C=O) groups excluding carboxylic acids is 1. The molecule has 1 amide bonds. The molecule has 172 valence electrons. The molecule has 0 unspecified atom stereocenters. The molecule has 9 nitrogen and oxygen atoms in total. The van der Waals surface area contributed by atoms with E-state index in [1.165, 1.54) is 6.20 Å². The number of fused-ring (bicyclic) bond motifs is 1. The summed E-state index contributed by atoms with van der Waals surface area (Å²) < 4.78 is 0. The van der Waals surface area contributed by atoms with E-state index in [0.717, 1.165) is 53.5 Å². The van der Waals surface area contributed by atoms with Crippen molar-refractivity contribution in [3.05, 3.63) is 66.6 Å². The van der Waals surface area contributed by atoms with Gasteiger partial charge in [0.25, 0.3) is 5.91 Å². The molecule has 5 rings (SSSR count). The van der Waals surface area contributed by atoms with Gasteiger partial charge in [-0.1, -0.05) is 31.0 Å². The zero-order valence-electron chi connectivity index (χ0n) is 18.6. The van der Waals surface area contributed by atoms with Gasteiger partial charge in [-0.05, 0) is 48.2 Å². The van der Waals surface area contributed by atoms with Gasteiger partial charge in [-0.25, -0.2) is 4.98 Å². The minimum absolute atomic E-state index is 0.0490. The maximum absolute atomic E-state index is 12.0. The van der Waals surface area contributed by atoms with E-state index in [0.29, 0.717) is 11.8 Å². The van der Waals surface area contributed by atoms with E-state index < -0.39 is 5.91 Å². The van der Waals surface area contributed by atoms with Crippen LogP contribution in [0.5, 0.6) is 0 Å². The smallest absolute Gasteiger partial charge is 0.254 e. The fraction of sp³-hybridized carbons (Fsp3) is 0.240. The van der Waals surface area contributed by atoms with Crippen LogP contribution in [-0.4, -0.2) is 37.9 Å². The summed E-state index contributed by atoms with van der Waals surface area (Å²) in [7, 11) is 0. The second-order valence-corrected chi connectivity index (χ2v) is 8.48. The Bertz CT molecular complexity index is 1340. The number of nitrogens with zero attached hydrogens (tertiary/aromatic N) is 4. The Labute approximate surface area is 197 Å². The molecule has 2 aromatic carbocycles. The molecule has 0 radical (unpaired) electrons. The Balaban J connectivity index is 1.43. The van der Waals surface area contributed by atoms with Crippen LogP contribution in [0.4, 0.5) is 17.5 Å². The number of hydrogen-bond acceptors (Lipinski definition) is 8. The number of aromatic nitrogens is 4. The van der Waals surface area contributed by atoms with Gasteiger partial charge in [0.05, 0.1) is 11.0 Å². The van der Waals surface area contributed by atoms with Gasteiger partial charge >= 0.3 is 0 Å². The van der Waals surface area contributed by atoms with Gasteiger partial charge in [0.2, 0.25) is 5.95 Å². The van der Waals surface area contributed by atoms with Crippen LogP contribution in [0.25, 0.3) is 22.2 Å². The quantitative estimate of drug-likeness (QED) is 0.346. The molecule has 0 spiro atoms. The van der Waals surface area contributed by atoms with Crippen LogP contribution in [0.1, 0.15) is 36.0 Å². The Morgan fingerprint density at radius 2 is 1.74 bits per heavy atom. The van der Waals surface area contributed by atoms with E-state index in [2.05, 4.69) is 30.6 Å². The molecule has 0 aliphatic heterocycles. The highest BCUT2D eigenvalue weighted by Crippen LogP contribution is 2.28. The molecule has 0 bridgehead atoms. The molecule has 1 fully saturated rings. The topological polar surface area (TPSA) is 145 Å². The molecule has 1 aliphatic rings. The molecule has 0 saturated heterocycles. The average Bonchev–Trinajstić information content (AvgIpc) is 2.85. The van der Waals surface area contributed by atoms with Crippen molar-refractivity contribution >= 4 is 34.4 Å². The monoisotopic (exact) mass is 454 g/mol. The average molecular weight is 455 g/mol. The minimum Gasteiger partial charge on any atom is -0.365 e. The molecule has 1 saturated carbocycles. The summed E-state index contributed by atoms with van der Waals surface area (Å²) in [5.41, 5.74) is 16.5. The first-order chi connectivity index (χ1) is 16.6. The van der Waals surface area contributed by atoms with Crippen molar-refractivity contribution < 1.29 is 4.79 Å². The van der Waals surface area contributed by atoms with Crippen molar-refractivity contribution in [2.24, 2.45) is 11.5 Å². The third-order valence-corrected chi connectivity index (χ3v) is 6.12. The predicted octanol–water partition coefficient (Wildman–Crippen LogP) is 3.61. The summed E-state index contributed by atoms with van der Waals surface area (Å²) in [5.74, 6) is 0.155. The summed E-state index contributed by atoms with van der Waals surface area (Å²) in [6, 6.07) is 13.9. The predicted molar refractivity (Wildman–Crippen MR) is 133 cm³/mol. The highest BCUT2D eigenvalue weighted by atomic mass is 16.1. The second kappa shape index (κ2) is 9.40. The zero-order valence-corrected chi connectivity index (χ0v) is 18.6. The van der Waals surface area contributed by atoms with E-state index in [4.69, 9.17) is 11.5 Å². The lowest BCUT2D eigenvalue weighted by molar-refractivity contribution is 0.100. The number of carbonyl (C=O) groups is 1. The second-order valence-electron chi connectivity index (χ2n) is 8.48. The van der Waals surface area contributed by atoms with Crippen molar-refractivity contribution in [2.75, 3.05) is 10.6 Å². The zero-order chi connectivity index (χ0) is 23.5. The van der Waals surface area contributed by atoms with Crippen LogP contribution in [0, 0.1) is 0 Å². The SMILES string of the molecule is NC(=O)c1cnc(N[C@@H]2CCCC[C@@H]2N)nc1Nc1cccc(-c2ccc3nccnc3c2)c1. The lowest BCUT2D eigenvalue weighted by Crippen LogP contribution is -2.43. The number of rotatable bonds is 6. The van der Waals surface area contributed by atoms with Crippen LogP contribution in [0.15, 0.2) is 61.1 Å². The van der Waals surface area contributed by atoms with Crippen molar-refractivity contribution in [1.82, 2.24) is 19.9 Å². The molecule has 2 heterocycles. The first-order valence-corrected chi connectivity index (χ1v) is 11.3. The van der Waals surface area contributed by atoms with Crippen LogP contribution in [-0.2, 0) is 0 Å². The Morgan fingerprint density at radius 1 is 0.941 bits per heavy atom. The fourth-order valence-electron chi connectivity index (χ4n) is 4.29. The van der Waals surface area contributed by atoms with Crippen LogP contribution in [0.2, 0.25) is 0 Å². The Morgan fingerprint density at radius 3 is 2.56 bits per heavy atom. The first-order valence-electron chi connectivity index (χ1n) is 11.3. The minimum atomic E-state index is -0.604. The molecular formula is C25H26N8O. The third-order valence-electron chi connectivity index (χ3n) is 6.12. The van der Waals surface area contributed by atoms with Gasteiger partial charge in [-0.3, -0.25) is 14.8 Å². The standard InChI is InChI=1S/C25H26N8O/c26-19-6-1-2-7-20(19)32-25-30-14-18(23(27)34)24(33-25)31-17-5-3-4-15(12-17)16-8-9-21-22(13-16)29-11-10-28-21/h3-5,8-14,19-20H,1-2,6-7,26H2,(H2,27,34)(H2,30,31,32,33)/t19-,20+/m0/s1. The fourth-order valence-corrected chi connectivity index (χ4v) is 4.29. The molecule has 6 N–H and O–H groups in total.